The van der Waals surface area contributed by atoms with Crippen molar-refractivity contribution in [3.8, 4) is 33.4 Å². The minimum absolute atomic E-state index is 0.367. The molecule has 0 amide bonds. The smallest absolute Gasteiger partial charge is 0.337 e. The summed E-state index contributed by atoms with van der Waals surface area (Å²) in [5, 5.41) is 0. The van der Waals surface area contributed by atoms with Crippen LogP contribution in [0.1, 0.15) is 21.7 Å². The van der Waals surface area contributed by atoms with E-state index >= 15 is 0 Å². The van der Waals surface area contributed by atoms with E-state index in [0.717, 1.165) is 77.9 Å². The molecule has 0 atom stereocenters. The van der Waals surface area contributed by atoms with E-state index in [9.17, 15) is 4.79 Å². The van der Waals surface area contributed by atoms with Crippen LogP contribution in [-0.2, 0) is 4.74 Å². The number of ether oxygens (including phenoxy) is 1. The molecule has 3 N–H and O–H groups in total. The summed E-state index contributed by atoms with van der Waals surface area (Å²) in [5.41, 5.74) is 14.1. The Morgan fingerprint density at radius 1 is 0.511 bits per heavy atom. The first-order chi connectivity index (χ1) is 22.9. The third-order valence-corrected chi connectivity index (χ3v) is 9.88. The number of esters is 1. The minimum atomic E-state index is -0.367. The molecule has 5 heterocycles. The summed E-state index contributed by atoms with van der Waals surface area (Å²) >= 11 is 4.67. The highest BCUT2D eigenvalue weighted by Crippen LogP contribution is 2.36. The first kappa shape index (κ1) is 29.7. The van der Waals surface area contributed by atoms with Crippen LogP contribution in [0.25, 0.3) is 78.6 Å². The topological polar surface area (TPSA) is 86.6 Å². The quantitative estimate of drug-likeness (QED) is 0.122. The third-order valence-electron chi connectivity index (χ3n) is 8.44. The van der Waals surface area contributed by atoms with Gasteiger partial charge in [-0.15, -0.1) is 0 Å². The molecule has 0 radical (unpaired) electrons. The average molecular weight is 836 g/mol. The third kappa shape index (κ3) is 5.55. The molecule has 0 saturated carbocycles. The summed E-state index contributed by atoms with van der Waals surface area (Å²) in [6, 6.07) is 37.3. The highest BCUT2D eigenvalue weighted by atomic mass is 127. The van der Waals surface area contributed by atoms with E-state index in [4.69, 9.17) is 9.72 Å². The van der Waals surface area contributed by atoms with Gasteiger partial charge in [-0.1, -0.05) is 36.4 Å². The van der Waals surface area contributed by atoms with Gasteiger partial charge in [0, 0.05) is 51.4 Å². The fourth-order valence-electron chi connectivity index (χ4n) is 6.19. The Bertz CT molecular complexity index is 2470. The summed E-state index contributed by atoms with van der Waals surface area (Å²) in [5.74, 6) is -0.367. The number of benzene rings is 3. The van der Waals surface area contributed by atoms with Crippen molar-refractivity contribution in [2.45, 2.75) is 0 Å². The van der Waals surface area contributed by atoms with Gasteiger partial charge in [0.2, 0.25) is 0 Å². The number of hydrogen-bond acceptors (Lipinski definition) is 3. The molecule has 0 saturated heterocycles. The number of methoxy groups -OCH3 is 1. The number of nitrogens with one attached hydrogen (secondary N) is 3. The molecule has 0 fully saturated rings. The van der Waals surface area contributed by atoms with Gasteiger partial charge >= 0.3 is 5.97 Å². The Labute approximate surface area is 297 Å². The zero-order valence-electron chi connectivity index (χ0n) is 25.1. The Morgan fingerprint density at radius 3 is 1.38 bits per heavy atom. The molecule has 8 rings (SSSR count). The lowest BCUT2D eigenvalue weighted by Gasteiger charge is -2.06. The number of hydrogen-bond donors (Lipinski definition) is 3. The summed E-state index contributed by atoms with van der Waals surface area (Å²) in [6.07, 6.45) is 4.16. The second-order valence-electron chi connectivity index (χ2n) is 11.3. The van der Waals surface area contributed by atoms with Crippen molar-refractivity contribution in [2.75, 3.05) is 7.11 Å². The lowest BCUT2D eigenvalue weighted by molar-refractivity contribution is 0.0600. The maximum atomic E-state index is 12.3. The van der Waals surface area contributed by atoms with Gasteiger partial charge in [-0.25, -0.2) is 9.78 Å². The molecule has 228 valence electrons. The van der Waals surface area contributed by atoms with Crippen molar-refractivity contribution in [1.29, 1.82) is 0 Å². The van der Waals surface area contributed by atoms with Crippen LogP contribution in [0.4, 0.5) is 0 Å². The van der Waals surface area contributed by atoms with E-state index in [1.54, 1.807) is 12.1 Å². The van der Waals surface area contributed by atoms with Crippen molar-refractivity contribution < 1.29 is 9.53 Å². The number of rotatable bonds is 4. The molecular weight excluding hydrogens is 810 g/mol. The van der Waals surface area contributed by atoms with E-state index in [1.807, 2.05) is 12.1 Å². The Kier molecular flexibility index (Phi) is 7.69. The molecule has 0 spiro atoms. The highest BCUT2D eigenvalue weighted by Gasteiger charge is 2.16. The Morgan fingerprint density at radius 2 is 0.894 bits per heavy atom. The molecule has 0 unspecified atom stereocenters. The molecule has 7 aromatic rings. The number of fused-ring (bicyclic) bond motifs is 9. The number of nitrogens with zero attached hydrogens (tertiary/aromatic N) is 1. The van der Waals surface area contributed by atoms with Crippen molar-refractivity contribution in [1.82, 2.24) is 19.9 Å². The van der Waals surface area contributed by atoms with Crippen LogP contribution in [0.15, 0.2) is 109 Å². The second-order valence-corrected chi connectivity index (χ2v) is 13.8. The van der Waals surface area contributed by atoms with Gasteiger partial charge in [-0.05, 0) is 147 Å². The predicted molar refractivity (Wildman–Crippen MR) is 208 cm³/mol. The fraction of sp³-hybridized carbons (Fsp3) is 0.0256. The number of aromatic nitrogens is 4. The van der Waals surface area contributed by atoms with Crippen LogP contribution >= 0.6 is 45.2 Å². The lowest BCUT2D eigenvalue weighted by atomic mass is 10.0. The molecule has 3 aromatic carbocycles. The summed E-state index contributed by atoms with van der Waals surface area (Å²) in [7, 11) is 1.40. The lowest BCUT2D eigenvalue weighted by Crippen LogP contribution is -2.00. The van der Waals surface area contributed by atoms with Gasteiger partial charge in [-0.2, -0.15) is 0 Å². The second kappa shape index (κ2) is 12.2. The monoisotopic (exact) mass is 836 g/mol. The zero-order chi connectivity index (χ0) is 32.1. The van der Waals surface area contributed by atoms with E-state index in [1.165, 1.54) is 14.3 Å². The van der Waals surface area contributed by atoms with E-state index < -0.39 is 0 Å². The van der Waals surface area contributed by atoms with Gasteiger partial charge in [0.25, 0.3) is 0 Å². The van der Waals surface area contributed by atoms with Crippen molar-refractivity contribution >= 4 is 96.4 Å². The minimum Gasteiger partial charge on any atom is -0.465 e. The maximum absolute atomic E-state index is 12.3. The standard InChI is InChI=1S/C39H26I2N4O2/c1-47-39(46)25-4-2-22(3-5-25)36-32-18-20-34(44-32)37(23-6-10-26(40)11-7-23)30-16-14-28(42-30)29-15-17-31(43-29)38(35-21-19-33(36)45-35)24-8-12-27(41)13-9-24/h2-21,42,44-45H,1H3. The predicted octanol–water partition coefficient (Wildman–Crippen LogP) is 10.7. The summed E-state index contributed by atoms with van der Waals surface area (Å²) < 4.78 is 7.30. The number of carbonyl (C=O) groups is 1. The molecule has 1 aliphatic heterocycles. The van der Waals surface area contributed by atoms with Crippen LogP contribution in [-0.4, -0.2) is 33.0 Å². The highest BCUT2D eigenvalue weighted by molar-refractivity contribution is 14.1. The average Bonchev–Trinajstić information content (AvgIpc) is 3.92. The number of aromatic amines is 3. The molecule has 6 nitrogen and oxygen atoms in total. The Hall–Kier alpha value is -4.68. The zero-order valence-corrected chi connectivity index (χ0v) is 29.4. The normalized spacial score (nSPS) is 11.7. The molecule has 0 aliphatic carbocycles. The first-order valence-electron chi connectivity index (χ1n) is 15.0. The van der Waals surface area contributed by atoms with Gasteiger partial charge in [0.1, 0.15) is 0 Å². The molecule has 47 heavy (non-hydrogen) atoms. The van der Waals surface area contributed by atoms with E-state index in [2.05, 4.69) is 157 Å². The maximum Gasteiger partial charge on any atom is 0.337 e. The van der Waals surface area contributed by atoms with Crippen LogP contribution in [0, 0.1) is 7.14 Å². The SMILES string of the molecule is COC(=O)c1ccc(-c2c3ccc([nH]3)c(-c3ccc(I)cc3)c3nc(c4ccc([nH]4)c(-c4ccc(I)cc4)c4ccc2[nH]4)C=C3)cc1. The first-order valence-corrected chi connectivity index (χ1v) is 17.2. The molecule has 8 bridgehead atoms. The van der Waals surface area contributed by atoms with Crippen molar-refractivity contribution in [3.63, 3.8) is 0 Å². The van der Waals surface area contributed by atoms with Gasteiger partial charge in [0.15, 0.2) is 0 Å². The molecule has 8 heteroatoms. The van der Waals surface area contributed by atoms with Crippen LogP contribution in [0.5, 0.6) is 0 Å². The Balaban J connectivity index is 1.51. The van der Waals surface area contributed by atoms with E-state index in [0.29, 0.717) is 5.56 Å². The number of halogens is 2. The number of carbonyl (C=O) groups excluding carboxylic acids is 1. The van der Waals surface area contributed by atoms with Gasteiger partial charge < -0.3 is 19.7 Å². The van der Waals surface area contributed by atoms with Crippen LogP contribution in [0.3, 0.4) is 0 Å². The van der Waals surface area contributed by atoms with Crippen molar-refractivity contribution in [3.05, 3.63) is 133 Å². The van der Waals surface area contributed by atoms with Gasteiger partial charge in [-0.3, -0.25) is 0 Å². The van der Waals surface area contributed by atoms with Crippen LogP contribution in [0.2, 0.25) is 0 Å². The largest absolute Gasteiger partial charge is 0.465 e. The van der Waals surface area contributed by atoms with Crippen molar-refractivity contribution in [2.24, 2.45) is 0 Å². The number of H-pyrrole nitrogens is 3. The van der Waals surface area contributed by atoms with Crippen LogP contribution < -0.4 is 0 Å². The summed E-state index contributed by atoms with van der Waals surface area (Å²) in [6.45, 7) is 0. The van der Waals surface area contributed by atoms with Gasteiger partial charge in [0.05, 0.1) is 29.6 Å². The molecule has 4 aromatic heterocycles. The summed E-state index contributed by atoms with van der Waals surface area (Å²) in [4.78, 5) is 28.6. The fourth-order valence-corrected chi connectivity index (χ4v) is 6.91. The van der Waals surface area contributed by atoms with E-state index in [-0.39, 0.29) is 5.97 Å². The molecule has 1 aliphatic rings. The molecular formula is C39H26I2N4O2.